The minimum atomic E-state index is -0.361. The first-order chi connectivity index (χ1) is 8.52. The van der Waals surface area contributed by atoms with Gasteiger partial charge in [-0.2, -0.15) is 0 Å². The molecule has 1 amide bonds. The van der Waals surface area contributed by atoms with E-state index in [9.17, 15) is 4.79 Å². The smallest absolute Gasteiger partial charge is 0.254 e. The second kappa shape index (κ2) is 5.24. The Morgan fingerprint density at radius 2 is 2.22 bits per heavy atom. The van der Waals surface area contributed by atoms with Crippen LogP contribution in [0.3, 0.4) is 0 Å². The van der Waals surface area contributed by atoms with Crippen LogP contribution in [-0.2, 0) is 4.74 Å². The van der Waals surface area contributed by atoms with E-state index in [0.29, 0.717) is 24.5 Å². The van der Waals surface area contributed by atoms with E-state index in [1.165, 1.54) is 0 Å². The topological polar surface area (TPSA) is 42.4 Å². The fourth-order valence-electron chi connectivity index (χ4n) is 2.21. The summed E-state index contributed by atoms with van der Waals surface area (Å²) in [6.07, 6.45) is 3.14. The zero-order chi connectivity index (χ0) is 13.2. The zero-order valence-electron chi connectivity index (χ0n) is 10.6. The summed E-state index contributed by atoms with van der Waals surface area (Å²) >= 11 is 5.85. The Bertz CT molecular complexity index is 422. The molecule has 1 aliphatic rings. The van der Waals surface area contributed by atoms with Crippen molar-refractivity contribution in [3.05, 3.63) is 30.1 Å². The third-order valence-corrected chi connectivity index (χ3v) is 3.21. The third kappa shape index (κ3) is 3.00. The lowest BCUT2D eigenvalue weighted by molar-refractivity contribution is -0.117. The van der Waals surface area contributed by atoms with E-state index in [0.717, 1.165) is 0 Å². The molecule has 0 saturated carbocycles. The molecule has 2 heterocycles. The lowest BCUT2D eigenvalue weighted by Crippen LogP contribution is -2.55. The molecule has 5 heteroatoms. The molecule has 98 valence electrons. The van der Waals surface area contributed by atoms with Crippen LogP contribution in [-0.4, -0.2) is 46.5 Å². The number of carbonyl (C=O) groups is 1. The molecule has 0 aromatic carbocycles. The number of hydrogen-bond acceptors (Lipinski definition) is 3. The second-order valence-electron chi connectivity index (χ2n) is 5.08. The number of hydrogen-bond donors (Lipinski definition) is 0. The van der Waals surface area contributed by atoms with Crippen molar-refractivity contribution >= 4 is 17.5 Å². The van der Waals surface area contributed by atoms with Gasteiger partial charge in [0.2, 0.25) is 0 Å². The number of ether oxygens (including phenoxy) is 1. The quantitative estimate of drug-likeness (QED) is 0.770. The number of morpholine rings is 1. The highest BCUT2D eigenvalue weighted by atomic mass is 35.5. The third-order valence-electron chi connectivity index (χ3n) is 2.87. The monoisotopic (exact) mass is 268 g/mol. The molecule has 2 rings (SSSR count). The summed E-state index contributed by atoms with van der Waals surface area (Å²) in [6.45, 7) is 5.05. The Morgan fingerprint density at radius 1 is 1.56 bits per heavy atom. The van der Waals surface area contributed by atoms with E-state index < -0.39 is 0 Å². The lowest BCUT2D eigenvalue weighted by Gasteiger charge is -2.42. The van der Waals surface area contributed by atoms with E-state index in [2.05, 4.69) is 4.98 Å². The van der Waals surface area contributed by atoms with Crippen molar-refractivity contribution in [3.63, 3.8) is 0 Å². The molecule has 1 unspecified atom stereocenters. The summed E-state index contributed by atoms with van der Waals surface area (Å²) in [6, 6.07) is 3.45. The average Bonchev–Trinajstić information content (AvgIpc) is 2.37. The minimum Gasteiger partial charge on any atom is -0.367 e. The van der Waals surface area contributed by atoms with E-state index >= 15 is 0 Å². The fraction of sp³-hybridized carbons (Fsp3) is 0.538. The van der Waals surface area contributed by atoms with E-state index in [1.54, 1.807) is 29.4 Å². The van der Waals surface area contributed by atoms with Gasteiger partial charge in [-0.05, 0) is 26.0 Å². The van der Waals surface area contributed by atoms with Gasteiger partial charge >= 0.3 is 0 Å². The van der Waals surface area contributed by atoms with Crippen molar-refractivity contribution in [3.8, 4) is 0 Å². The fourth-order valence-corrected chi connectivity index (χ4v) is 2.37. The maximum Gasteiger partial charge on any atom is 0.254 e. The number of aromatic nitrogens is 1. The molecule has 1 aromatic rings. The molecule has 4 nitrogen and oxygen atoms in total. The average molecular weight is 269 g/mol. The van der Waals surface area contributed by atoms with Crippen molar-refractivity contribution < 1.29 is 9.53 Å². The summed E-state index contributed by atoms with van der Waals surface area (Å²) in [5, 5.41) is 0. The van der Waals surface area contributed by atoms with Crippen molar-refractivity contribution in [2.45, 2.75) is 25.6 Å². The van der Waals surface area contributed by atoms with Gasteiger partial charge in [0.25, 0.3) is 5.91 Å². The van der Waals surface area contributed by atoms with Crippen LogP contribution in [0.1, 0.15) is 24.2 Å². The minimum absolute atomic E-state index is 0.00360. The van der Waals surface area contributed by atoms with Crippen molar-refractivity contribution in [1.29, 1.82) is 0 Å². The molecular weight excluding hydrogens is 252 g/mol. The van der Waals surface area contributed by atoms with Gasteiger partial charge in [0, 0.05) is 31.0 Å². The van der Waals surface area contributed by atoms with Gasteiger partial charge in [-0.3, -0.25) is 9.78 Å². The van der Waals surface area contributed by atoms with E-state index in [1.807, 2.05) is 13.8 Å². The molecule has 1 saturated heterocycles. The van der Waals surface area contributed by atoms with Gasteiger partial charge in [0.15, 0.2) is 0 Å². The largest absolute Gasteiger partial charge is 0.367 e. The summed E-state index contributed by atoms with van der Waals surface area (Å²) in [4.78, 5) is 18.1. The normalized spacial score (nSPS) is 22.8. The predicted octanol–water partition coefficient (Wildman–Crippen LogP) is 1.94. The number of rotatable bonds is 2. The standard InChI is InChI=1S/C13H17ClN2O2/c1-13(2)9-16(8-11(7-14)18-13)12(17)10-3-5-15-6-4-10/h3-6,11H,7-9H2,1-2H3. The molecule has 0 aliphatic carbocycles. The number of alkyl halides is 1. The van der Waals surface area contributed by atoms with E-state index in [-0.39, 0.29) is 17.6 Å². The van der Waals surface area contributed by atoms with Crippen LogP contribution in [0, 0.1) is 0 Å². The molecule has 1 fully saturated rings. The molecule has 18 heavy (non-hydrogen) atoms. The van der Waals surface area contributed by atoms with Gasteiger partial charge < -0.3 is 9.64 Å². The summed E-state index contributed by atoms with van der Waals surface area (Å²) in [7, 11) is 0. The molecular formula is C13H17ClN2O2. The van der Waals surface area contributed by atoms with Gasteiger partial charge in [-0.1, -0.05) is 0 Å². The maximum absolute atomic E-state index is 12.3. The number of halogens is 1. The van der Waals surface area contributed by atoms with Gasteiger partial charge in [-0.25, -0.2) is 0 Å². The van der Waals surface area contributed by atoms with Crippen LogP contribution in [0.2, 0.25) is 0 Å². The van der Waals surface area contributed by atoms with Gasteiger partial charge in [0.1, 0.15) is 0 Å². The molecule has 0 bridgehead atoms. The predicted molar refractivity (Wildman–Crippen MR) is 69.8 cm³/mol. The maximum atomic E-state index is 12.3. The molecule has 0 spiro atoms. The highest BCUT2D eigenvalue weighted by molar-refractivity contribution is 6.18. The summed E-state index contributed by atoms with van der Waals surface area (Å²) < 4.78 is 5.80. The summed E-state index contributed by atoms with van der Waals surface area (Å²) in [5.41, 5.74) is 0.288. The Labute approximate surface area is 112 Å². The summed E-state index contributed by atoms with van der Waals surface area (Å²) in [5.74, 6) is 0.396. The van der Waals surface area contributed by atoms with Crippen LogP contribution < -0.4 is 0 Å². The van der Waals surface area contributed by atoms with Gasteiger partial charge in [-0.15, -0.1) is 11.6 Å². The lowest BCUT2D eigenvalue weighted by atomic mass is 10.0. The molecule has 0 radical (unpaired) electrons. The Hall–Kier alpha value is -1.13. The highest BCUT2D eigenvalue weighted by Crippen LogP contribution is 2.23. The second-order valence-corrected chi connectivity index (χ2v) is 5.38. The Balaban J connectivity index is 2.15. The van der Waals surface area contributed by atoms with Crippen LogP contribution >= 0.6 is 11.6 Å². The van der Waals surface area contributed by atoms with Crippen LogP contribution in [0.25, 0.3) is 0 Å². The van der Waals surface area contributed by atoms with Crippen LogP contribution in [0.5, 0.6) is 0 Å². The number of amides is 1. The van der Waals surface area contributed by atoms with E-state index in [4.69, 9.17) is 16.3 Å². The van der Waals surface area contributed by atoms with Gasteiger partial charge in [0.05, 0.1) is 17.6 Å². The molecule has 1 atom stereocenters. The zero-order valence-corrected chi connectivity index (χ0v) is 11.4. The molecule has 1 aromatic heterocycles. The molecule has 1 aliphatic heterocycles. The van der Waals surface area contributed by atoms with Crippen molar-refractivity contribution in [2.75, 3.05) is 19.0 Å². The first-order valence-corrected chi connectivity index (χ1v) is 6.48. The van der Waals surface area contributed by atoms with Crippen molar-refractivity contribution in [1.82, 2.24) is 9.88 Å². The van der Waals surface area contributed by atoms with Crippen LogP contribution in [0.15, 0.2) is 24.5 Å². The number of pyridine rings is 1. The first-order valence-electron chi connectivity index (χ1n) is 5.95. The van der Waals surface area contributed by atoms with Crippen LogP contribution in [0.4, 0.5) is 0 Å². The Morgan fingerprint density at radius 3 is 2.83 bits per heavy atom. The Kier molecular flexibility index (Phi) is 3.88. The number of carbonyl (C=O) groups excluding carboxylic acids is 1. The molecule has 0 N–H and O–H groups in total. The highest BCUT2D eigenvalue weighted by Gasteiger charge is 2.35. The SMILES string of the molecule is CC1(C)CN(C(=O)c2ccncc2)CC(CCl)O1. The van der Waals surface area contributed by atoms with Crippen molar-refractivity contribution in [2.24, 2.45) is 0 Å². The number of nitrogens with zero attached hydrogens (tertiary/aromatic N) is 2. The first kappa shape index (κ1) is 13.3.